The summed E-state index contributed by atoms with van der Waals surface area (Å²) in [6, 6.07) is 9.35. The maximum atomic E-state index is 9.09. The van der Waals surface area contributed by atoms with Gasteiger partial charge < -0.3 is 0 Å². The normalized spacial score (nSPS) is 10.1. The van der Waals surface area contributed by atoms with Gasteiger partial charge in [-0.05, 0) is 13.0 Å². The van der Waals surface area contributed by atoms with Gasteiger partial charge in [0.05, 0.1) is 11.6 Å². The molecule has 0 saturated carbocycles. The third kappa shape index (κ3) is 2.27. The molecule has 0 N–H and O–H groups in total. The zero-order valence-electron chi connectivity index (χ0n) is 9.89. The quantitative estimate of drug-likeness (QED) is 0.795. The van der Waals surface area contributed by atoms with Crippen LogP contribution in [0.3, 0.4) is 0 Å². The molecule has 0 unspecified atom stereocenters. The smallest absolute Gasteiger partial charge is 0.190 e. The van der Waals surface area contributed by atoms with Crippen LogP contribution in [-0.2, 0) is 6.54 Å². The summed E-state index contributed by atoms with van der Waals surface area (Å²) in [5, 5.41) is 17.5. The number of aromatic nitrogens is 3. The Morgan fingerprint density at radius 3 is 2.83 bits per heavy atom. The molecule has 1 aromatic heterocycles. The molecular formula is C13H11ClN4. The molecule has 0 aliphatic rings. The number of allylic oxidation sites excluding steroid dienone is 1. The molecule has 2 rings (SSSR count). The Balaban J connectivity index is 2.62. The van der Waals surface area contributed by atoms with Gasteiger partial charge in [0, 0.05) is 5.56 Å². The van der Waals surface area contributed by atoms with Crippen molar-refractivity contribution in [2.45, 2.75) is 13.5 Å². The second-order valence-electron chi connectivity index (χ2n) is 3.99. The number of hydrogen-bond donors (Lipinski definition) is 0. The van der Waals surface area contributed by atoms with Gasteiger partial charge in [-0.2, -0.15) is 5.26 Å². The molecule has 0 amide bonds. The highest BCUT2D eigenvalue weighted by atomic mass is 35.5. The van der Waals surface area contributed by atoms with E-state index in [9.17, 15) is 0 Å². The van der Waals surface area contributed by atoms with E-state index < -0.39 is 0 Å². The van der Waals surface area contributed by atoms with Gasteiger partial charge in [-0.15, -0.1) is 5.10 Å². The SMILES string of the molecule is C=C(C)Cn1nnc(C#N)c1-c1ccccc1Cl. The lowest BCUT2D eigenvalue weighted by molar-refractivity contribution is 0.649. The maximum Gasteiger partial charge on any atom is 0.190 e. The van der Waals surface area contributed by atoms with Crippen molar-refractivity contribution < 1.29 is 0 Å². The fourth-order valence-corrected chi connectivity index (χ4v) is 1.90. The maximum absolute atomic E-state index is 9.09. The van der Waals surface area contributed by atoms with Gasteiger partial charge in [0.2, 0.25) is 0 Å². The number of halogens is 1. The molecule has 0 aliphatic carbocycles. The molecule has 2 aromatic rings. The van der Waals surface area contributed by atoms with Gasteiger partial charge in [0.25, 0.3) is 0 Å². The molecule has 0 atom stereocenters. The monoisotopic (exact) mass is 258 g/mol. The van der Waals surface area contributed by atoms with Crippen LogP contribution in [0.25, 0.3) is 11.3 Å². The largest absolute Gasteiger partial charge is 0.239 e. The number of nitrogens with zero attached hydrogens (tertiary/aromatic N) is 4. The summed E-state index contributed by atoms with van der Waals surface area (Å²) in [5.41, 5.74) is 2.58. The van der Waals surface area contributed by atoms with E-state index in [-0.39, 0.29) is 5.69 Å². The fraction of sp³-hybridized carbons (Fsp3) is 0.154. The lowest BCUT2D eigenvalue weighted by Crippen LogP contribution is -2.03. The van der Waals surface area contributed by atoms with Gasteiger partial charge in [-0.1, -0.05) is 47.2 Å². The predicted octanol–water partition coefficient (Wildman–Crippen LogP) is 3.05. The van der Waals surface area contributed by atoms with E-state index in [1.807, 2.05) is 31.2 Å². The van der Waals surface area contributed by atoms with Gasteiger partial charge >= 0.3 is 0 Å². The molecule has 0 bridgehead atoms. The summed E-state index contributed by atoms with van der Waals surface area (Å²) in [6.45, 7) is 6.24. The van der Waals surface area contributed by atoms with Crippen molar-refractivity contribution in [1.82, 2.24) is 15.0 Å². The molecular weight excluding hydrogens is 248 g/mol. The molecule has 18 heavy (non-hydrogen) atoms. The molecule has 0 radical (unpaired) electrons. The summed E-state index contributed by atoms with van der Waals surface area (Å²) in [6.07, 6.45) is 0. The van der Waals surface area contributed by atoms with Gasteiger partial charge in [-0.3, -0.25) is 0 Å². The third-order valence-corrected chi connectivity index (χ3v) is 2.72. The van der Waals surface area contributed by atoms with Crippen molar-refractivity contribution in [1.29, 1.82) is 5.26 Å². The fourth-order valence-electron chi connectivity index (χ4n) is 1.67. The minimum Gasteiger partial charge on any atom is -0.239 e. The average molecular weight is 259 g/mol. The van der Waals surface area contributed by atoms with E-state index in [4.69, 9.17) is 16.9 Å². The molecule has 1 heterocycles. The van der Waals surface area contributed by atoms with Crippen molar-refractivity contribution >= 4 is 11.6 Å². The number of nitriles is 1. The summed E-state index contributed by atoms with van der Waals surface area (Å²) < 4.78 is 1.64. The first kappa shape index (κ1) is 12.3. The summed E-state index contributed by atoms with van der Waals surface area (Å²) in [4.78, 5) is 0. The van der Waals surface area contributed by atoms with Crippen LogP contribution in [0, 0.1) is 11.3 Å². The lowest BCUT2D eigenvalue weighted by atomic mass is 10.1. The van der Waals surface area contributed by atoms with Crippen molar-refractivity contribution in [2.24, 2.45) is 0 Å². The van der Waals surface area contributed by atoms with Gasteiger partial charge in [-0.25, -0.2) is 4.68 Å². The minimum absolute atomic E-state index is 0.268. The van der Waals surface area contributed by atoms with Crippen LogP contribution < -0.4 is 0 Å². The molecule has 5 heteroatoms. The first-order chi connectivity index (χ1) is 8.63. The van der Waals surface area contributed by atoms with Crippen LogP contribution in [0.4, 0.5) is 0 Å². The molecule has 0 saturated heterocycles. The third-order valence-electron chi connectivity index (χ3n) is 2.39. The van der Waals surface area contributed by atoms with Crippen molar-refractivity contribution in [2.75, 3.05) is 0 Å². The van der Waals surface area contributed by atoms with Crippen molar-refractivity contribution in [3.63, 3.8) is 0 Å². The highest BCUT2D eigenvalue weighted by Gasteiger charge is 2.16. The van der Waals surface area contributed by atoms with Crippen molar-refractivity contribution in [3.05, 3.63) is 47.1 Å². The van der Waals surface area contributed by atoms with Crippen LogP contribution >= 0.6 is 11.6 Å². The Morgan fingerprint density at radius 1 is 1.50 bits per heavy atom. The minimum atomic E-state index is 0.268. The van der Waals surface area contributed by atoms with Crippen LogP contribution in [0.1, 0.15) is 12.6 Å². The van der Waals surface area contributed by atoms with Crippen molar-refractivity contribution in [3.8, 4) is 17.3 Å². The van der Waals surface area contributed by atoms with Gasteiger partial charge in [0.1, 0.15) is 11.8 Å². The highest BCUT2D eigenvalue weighted by Crippen LogP contribution is 2.29. The summed E-state index contributed by atoms with van der Waals surface area (Å²) >= 11 is 6.15. The number of rotatable bonds is 3. The van der Waals surface area contributed by atoms with E-state index in [2.05, 4.69) is 16.9 Å². The van der Waals surface area contributed by atoms with Crippen LogP contribution in [-0.4, -0.2) is 15.0 Å². The van der Waals surface area contributed by atoms with E-state index in [0.29, 0.717) is 17.3 Å². The summed E-state index contributed by atoms with van der Waals surface area (Å²) in [7, 11) is 0. The lowest BCUT2D eigenvalue weighted by Gasteiger charge is -2.07. The highest BCUT2D eigenvalue weighted by molar-refractivity contribution is 6.33. The number of hydrogen-bond acceptors (Lipinski definition) is 3. The molecule has 4 nitrogen and oxygen atoms in total. The molecule has 1 aromatic carbocycles. The second-order valence-corrected chi connectivity index (χ2v) is 4.40. The van der Waals surface area contributed by atoms with Gasteiger partial charge in [0.15, 0.2) is 5.69 Å². The van der Waals surface area contributed by atoms with Crippen LogP contribution in [0.15, 0.2) is 36.4 Å². The Kier molecular flexibility index (Phi) is 3.45. The second kappa shape index (κ2) is 5.03. The first-order valence-corrected chi connectivity index (χ1v) is 5.74. The zero-order chi connectivity index (χ0) is 13.1. The summed E-state index contributed by atoms with van der Waals surface area (Å²) in [5.74, 6) is 0. The van der Waals surface area contributed by atoms with E-state index in [0.717, 1.165) is 11.1 Å². The predicted molar refractivity (Wildman–Crippen MR) is 70.0 cm³/mol. The Labute approximate surface area is 110 Å². The van der Waals surface area contributed by atoms with E-state index >= 15 is 0 Å². The standard InChI is InChI=1S/C13H11ClN4/c1-9(2)8-18-13(12(7-15)16-17-18)10-5-3-4-6-11(10)14/h3-6H,1,8H2,2H3. The molecule has 0 spiro atoms. The van der Waals surface area contributed by atoms with E-state index in [1.165, 1.54) is 0 Å². The molecule has 0 aliphatic heterocycles. The topological polar surface area (TPSA) is 54.5 Å². The molecule has 90 valence electrons. The Bertz CT molecular complexity index is 637. The Morgan fingerprint density at radius 2 is 2.22 bits per heavy atom. The zero-order valence-corrected chi connectivity index (χ0v) is 10.6. The van der Waals surface area contributed by atoms with E-state index in [1.54, 1.807) is 10.7 Å². The average Bonchev–Trinajstić information content (AvgIpc) is 2.72. The Hall–Kier alpha value is -2.12. The van der Waals surface area contributed by atoms with Crippen LogP contribution in [0.5, 0.6) is 0 Å². The first-order valence-electron chi connectivity index (χ1n) is 5.36. The van der Waals surface area contributed by atoms with Crippen LogP contribution in [0.2, 0.25) is 5.02 Å². The molecule has 0 fully saturated rings. The number of benzene rings is 1.